The Kier molecular flexibility index (Phi) is 7.42. The number of benzene rings is 2. The number of aromatic amines is 2. The maximum Gasteiger partial charge on any atom is 0.267 e. The van der Waals surface area contributed by atoms with E-state index >= 15 is 0 Å². The molecule has 186 valence electrons. The van der Waals surface area contributed by atoms with Crippen LogP contribution in [0.15, 0.2) is 54.9 Å². The zero-order valence-electron chi connectivity index (χ0n) is 19.3. The quantitative estimate of drug-likeness (QED) is 0.113. The van der Waals surface area contributed by atoms with E-state index in [9.17, 15) is 4.79 Å². The Morgan fingerprint density at radius 2 is 2.00 bits per heavy atom. The SMILES string of the molecule is O=C(/C=C/c1ccc2c(c1)CCC2N(CCc1c[nH]c2cc(Cl)ccc12)Cc1[nH]cc(Cl)c1Cl)NO. The van der Waals surface area contributed by atoms with Crippen molar-refractivity contribution in [1.82, 2.24) is 20.3 Å². The number of aromatic nitrogens is 2. The molecule has 0 saturated heterocycles. The van der Waals surface area contributed by atoms with E-state index in [2.05, 4.69) is 39.3 Å². The average molecular weight is 544 g/mol. The number of rotatable bonds is 8. The first-order valence-electron chi connectivity index (χ1n) is 11.7. The van der Waals surface area contributed by atoms with Crippen LogP contribution in [0.3, 0.4) is 0 Å². The minimum atomic E-state index is -0.555. The lowest BCUT2D eigenvalue weighted by Gasteiger charge is -2.29. The smallest absolute Gasteiger partial charge is 0.267 e. The van der Waals surface area contributed by atoms with Crippen LogP contribution >= 0.6 is 34.8 Å². The van der Waals surface area contributed by atoms with Crippen molar-refractivity contribution in [2.45, 2.75) is 31.8 Å². The molecule has 0 fully saturated rings. The highest BCUT2D eigenvalue weighted by Crippen LogP contribution is 2.38. The molecule has 1 aliphatic rings. The second kappa shape index (κ2) is 10.7. The van der Waals surface area contributed by atoms with Gasteiger partial charge < -0.3 is 9.97 Å². The van der Waals surface area contributed by atoms with E-state index in [1.165, 1.54) is 28.2 Å². The summed E-state index contributed by atoms with van der Waals surface area (Å²) in [6.45, 7) is 1.47. The van der Waals surface area contributed by atoms with Gasteiger partial charge >= 0.3 is 0 Å². The van der Waals surface area contributed by atoms with Gasteiger partial charge in [-0.15, -0.1) is 0 Å². The van der Waals surface area contributed by atoms with Crippen LogP contribution in [-0.2, 0) is 24.2 Å². The van der Waals surface area contributed by atoms with Crippen LogP contribution in [0.4, 0.5) is 0 Å². The standard InChI is InChI=1S/C27H25Cl3N4O2/c28-19-4-6-20-18(13-31-23(20)12-19)9-10-34(15-24-27(30)22(29)14-32-24)25-7-3-17-11-16(1-5-21(17)25)2-8-26(35)33-36/h1-2,4-6,8,11-14,25,31-32,36H,3,7,9-10,15H2,(H,33,35)/b8-2+. The summed E-state index contributed by atoms with van der Waals surface area (Å²) in [4.78, 5) is 20.4. The maximum absolute atomic E-state index is 11.3. The first-order chi connectivity index (χ1) is 17.4. The number of nitrogens with one attached hydrogen (secondary N) is 3. The van der Waals surface area contributed by atoms with E-state index in [1.807, 2.05) is 18.2 Å². The van der Waals surface area contributed by atoms with Gasteiger partial charge in [0.15, 0.2) is 0 Å². The predicted molar refractivity (Wildman–Crippen MR) is 145 cm³/mol. The normalized spacial score (nSPS) is 15.3. The first kappa shape index (κ1) is 24.9. The number of nitrogens with zero attached hydrogens (tertiary/aromatic N) is 1. The van der Waals surface area contributed by atoms with Crippen LogP contribution in [0, 0.1) is 0 Å². The van der Waals surface area contributed by atoms with Gasteiger partial charge in [-0.25, -0.2) is 5.48 Å². The molecule has 1 unspecified atom stereocenters. The number of hydroxylamine groups is 1. The van der Waals surface area contributed by atoms with Gasteiger partial charge in [0, 0.05) is 59.2 Å². The van der Waals surface area contributed by atoms with E-state index in [4.69, 9.17) is 40.0 Å². The van der Waals surface area contributed by atoms with Crippen molar-refractivity contribution in [3.05, 3.63) is 97.9 Å². The van der Waals surface area contributed by atoms with Crippen molar-refractivity contribution in [1.29, 1.82) is 0 Å². The highest BCUT2D eigenvalue weighted by molar-refractivity contribution is 6.42. The van der Waals surface area contributed by atoms with Crippen molar-refractivity contribution < 1.29 is 10.0 Å². The number of amides is 1. The van der Waals surface area contributed by atoms with E-state index in [-0.39, 0.29) is 6.04 Å². The Morgan fingerprint density at radius 1 is 1.14 bits per heavy atom. The van der Waals surface area contributed by atoms with Gasteiger partial charge in [-0.3, -0.25) is 14.9 Å². The monoisotopic (exact) mass is 542 g/mol. The Labute approximate surface area is 223 Å². The maximum atomic E-state index is 11.3. The second-order valence-corrected chi connectivity index (χ2v) is 10.2. The molecule has 0 aliphatic heterocycles. The van der Waals surface area contributed by atoms with Crippen LogP contribution in [0.2, 0.25) is 15.1 Å². The van der Waals surface area contributed by atoms with Gasteiger partial charge in [-0.05, 0) is 59.7 Å². The topological polar surface area (TPSA) is 84.2 Å². The Bertz CT molecular complexity index is 1440. The molecule has 0 spiro atoms. The minimum absolute atomic E-state index is 0.219. The van der Waals surface area contributed by atoms with Crippen molar-refractivity contribution in [2.75, 3.05) is 6.54 Å². The number of hydrogen-bond acceptors (Lipinski definition) is 3. The van der Waals surface area contributed by atoms with Gasteiger partial charge in [0.2, 0.25) is 0 Å². The first-order valence-corrected chi connectivity index (χ1v) is 12.8. The van der Waals surface area contributed by atoms with Crippen LogP contribution in [0.1, 0.15) is 40.4 Å². The summed E-state index contributed by atoms with van der Waals surface area (Å²) in [5.41, 5.74) is 8.24. The van der Waals surface area contributed by atoms with Gasteiger partial charge in [0.05, 0.1) is 10.0 Å². The lowest BCUT2D eigenvalue weighted by atomic mass is 10.0. The van der Waals surface area contributed by atoms with Gasteiger partial charge in [0.25, 0.3) is 5.91 Å². The summed E-state index contributed by atoms with van der Waals surface area (Å²) in [5.74, 6) is -0.555. The number of carbonyl (C=O) groups excluding carboxylic acids is 1. The number of halogens is 3. The molecule has 1 aliphatic carbocycles. The number of fused-ring (bicyclic) bond motifs is 2. The minimum Gasteiger partial charge on any atom is -0.361 e. The zero-order chi connectivity index (χ0) is 25.2. The van der Waals surface area contributed by atoms with Gasteiger partial charge in [-0.1, -0.05) is 59.1 Å². The number of aryl methyl sites for hydroxylation is 1. The molecular weight excluding hydrogens is 519 g/mol. The lowest BCUT2D eigenvalue weighted by Crippen LogP contribution is -2.29. The molecule has 5 rings (SSSR count). The Balaban J connectivity index is 1.41. The molecule has 36 heavy (non-hydrogen) atoms. The third kappa shape index (κ3) is 5.19. The summed E-state index contributed by atoms with van der Waals surface area (Å²) in [6, 6.07) is 12.4. The molecule has 6 nitrogen and oxygen atoms in total. The van der Waals surface area contributed by atoms with Crippen LogP contribution in [-0.4, -0.2) is 32.5 Å². The molecule has 4 aromatic rings. The fourth-order valence-electron chi connectivity index (χ4n) is 5.02. The third-order valence-corrected chi connectivity index (χ3v) is 7.86. The van der Waals surface area contributed by atoms with Gasteiger partial charge in [-0.2, -0.15) is 0 Å². The van der Waals surface area contributed by atoms with E-state index < -0.39 is 5.91 Å². The predicted octanol–water partition coefficient (Wildman–Crippen LogP) is 6.71. The van der Waals surface area contributed by atoms with Gasteiger partial charge in [0.1, 0.15) is 0 Å². The van der Waals surface area contributed by atoms with Crippen molar-refractivity contribution in [2.24, 2.45) is 0 Å². The summed E-state index contributed by atoms with van der Waals surface area (Å²) < 4.78 is 0. The molecular formula is C27H25Cl3N4O2. The number of H-pyrrole nitrogens is 2. The van der Waals surface area contributed by atoms with Crippen LogP contribution in [0.5, 0.6) is 0 Å². The second-order valence-electron chi connectivity index (χ2n) is 8.98. The molecule has 2 aromatic heterocycles. The van der Waals surface area contributed by atoms with E-state index in [0.717, 1.165) is 42.6 Å². The summed E-state index contributed by atoms with van der Waals surface area (Å²) in [5, 5.41) is 11.7. The molecule has 1 amide bonds. The third-order valence-electron chi connectivity index (χ3n) is 6.80. The van der Waals surface area contributed by atoms with Crippen LogP contribution < -0.4 is 5.48 Å². The van der Waals surface area contributed by atoms with Crippen LogP contribution in [0.25, 0.3) is 17.0 Å². The Morgan fingerprint density at radius 3 is 2.78 bits per heavy atom. The molecule has 0 bridgehead atoms. The molecule has 2 aromatic carbocycles. The van der Waals surface area contributed by atoms with E-state index in [1.54, 1.807) is 17.8 Å². The molecule has 4 N–H and O–H groups in total. The molecule has 0 radical (unpaired) electrons. The number of carbonyl (C=O) groups is 1. The largest absolute Gasteiger partial charge is 0.361 e. The van der Waals surface area contributed by atoms with Crippen molar-refractivity contribution in [3.8, 4) is 0 Å². The highest BCUT2D eigenvalue weighted by Gasteiger charge is 2.29. The fraction of sp³-hybridized carbons (Fsp3) is 0.222. The highest BCUT2D eigenvalue weighted by atomic mass is 35.5. The zero-order valence-corrected chi connectivity index (χ0v) is 21.6. The molecule has 0 saturated carbocycles. The summed E-state index contributed by atoms with van der Waals surface area (Å²) in [7, 11) is 0. The lowest BCUT2D eigenvalue weighted by molar-refractivity contribution is -0.124. The molecule has 9 heteroatoms. The van der Waals surface area contributed by atoms with Crippen molar-refractivity contribution >= 4 is 57.7 Å². The average Bonchev–Trinajstić information content (AvgIpc) is 3.57. The fourth-order valence-corrected chi connectivity index (χ4v) is 5.53. The Hall–Kier alpha value is -2.74. The molecule has 2 heterocycles. The number of hydrogen-bond donors (Lipinski definition) is 4. The summed E-state index contributed by atoms with van der Waals surface area (Å²) in [6.07, 6.45) is 9.57. The van der Waals surface area contributed by atoms with E-state index in [0.29, 0.717) is 21.6 Å². The van der Waals surface area contributed by atoms with Crippen molar-refractivity contribution in [3.63, 3.8) is 0 Å². The summed E-state index contributed by atoms with van der Waals surface area (Å²) >= 11 is 18.9. The molecule has 1 atom stereocenters.